The number of carbonyl (C=O) groups is 2. The standard InChI is InChI=1S/C18H21N3O4/c1-11-9-21(6-7-24-11)17(22)10-25-18(23)14-4-5-15-16(8-14)20-13(3)12(2)19-15/h4-5,8,11H,6-7,9-10H2,1-3H3. The van der Waals surface area contributed by atoms with Gasteiger partial charge in [-0.3, -0.25) is 4.79 Å². The van der Waals surface area contributed by atoms with Crippen LogP contribution in [-0.2, 0) is 14.3 Å². The van der Waals surface area contributed by atoms with Crippen LogP contribution in [0.4, 0.5) is 0 Å². The molecule has 2 aromatic rings. The second-order valence-electron chi connectivity index (χ2n) is 6.20. The van der Waals surface area contributed by atoms with Crippen molar-refractivity contribution in [2.75, 3.05) is 26.3 Å². The lowest BCUT2D eigenvalue weighted by Crippen LogP contribution is -2.46. The molecule has 1 aliphatic heterocycles. The van der Waals surface area contributed by atoms with Gasteiger partial charge >= 0.3 is 5.97 Å². The van der Waals surface area contributed by atoms with Crippen LogP contribution in [0.15, 0.2) is 18.2 Å². The minimum Gasteiger partial charge on any atom is -0.452 e. The van der Waals surface area contributed by atoms with Gasteiger partial charge in [0.25, 0.3) is 5.91 Å². The van der Waals surface area contributed by atoms with Gasteiger partial charge < -0.3 is 14.4 Å². The smallest absolute Gasteiger partial charge is 0.338 e. The molecule has 7 heteroatoms. The highest BCUT2D eigenvalue weighted by Crippen LogP contribution is 2.15. The maximum Gasteiger partial charge on any atom is 0.338 e. The molecule has 7 nitrogen and oxygen atoms in total. The molecule has 1 atom stereocenters. The summed E-state index contributed by atoms with van der Waals surface area (Å²) in [5.41, 5.74) is 3.37. The van der Waals surface area contributed by atoms with Crippen molar-refractivity contribution in [1.29, 1.82) is 0 Å². The van der Waals surface area contributed by atoms with E-state index in [0.29, 0.717) is 30.8 Å². The molecule has 1 aliphatic rings. The van der Waals surface area contributed by atoms with Gasteiger partial charge in [0.1, 0.15) is 0 Å². The molecule has 0 N–H and O–H groups in total. The number of amides is 1. The zero-order valence-corrected chi connectivity index (χ0v) is 14.6. The molecule has 1 amide bonds. The van der Waals surface area contributed by atoms with Crippen LogP contribution in [-0.4, -0.2) is 59.2 Å². The lowest BCUT2D eigenvalue weighted by atomic mass is 10.2. The molecule has 0 aliphatic carbocycles. The maximum absolute atomic E-state index is 12.2. The fraction of sp³-hybridized carbons (Fsp3) is 0.444. The van der Waals surface area contributed by atoms with E-state index in [1.54, 1.807) is 23.1 Å². The van der Waals surface area contributed by atoms with Crippen molar-refractivity contribution >= 4 is 22.9 Å². The molecule has 1 aromatic heterocycles. The van der Waals surface area contributed by atoms with Crippen molar-refractivity contribution in [3.05, 3.63) is 35.2 Å². The Morgan fingerprint density at radius 3 is 2.68 bits per heavy atom. The van der Waals surface area contributed by atoms with Crippen LogP contribution in [0, 0.1) is 13.8 Å². The van der Waals surface area contributed by atoms with E-state index >= 15 is 0 Å². The fourth-order valence-electron chi connectivity index (χ4n) is 2.70. The van der Waals surface area contributed by atoms with Crippen LogP contribution in [0.2, 0.25) is 0 Å². The number of fused-ring (bicyclic) bond motifs is 1. The van der Waals surface area contributed by atoms with Gasteiger partial charge in [-0.05, 0) is 39.0 Å². The van der Waals surface area contributed by atoms with Gasteiger partial charge in [-0.2, -0.15) is 0 Å². The summed E-state index contributed by atoms with van der Waals surface area (Å²) < 4.78 is 10.6. The molecule has 1 unspecified atom stereocenters. The highest BCUT2D eigenvalue weighted by Gasteiger charge is 2.22. The number of benzene rings is 1. The Balaban J connectivity index is 1.65. The molecule has 1 fully saturated rings. The monoisotopic (exact) mass is 343 g/mol. The summed E-state index contributed by atoms with van der Waals surface area (Å²) in [5, 5.41) is 0. The van der Waals surface area contributed by atoms with Gasteiger partial charge in [-0.1, -0.05) is 0 Å². The Morgan fingerprint density at radius 2 is 1.96 bits per heavy atom. The molecule has 3 rings (SSSR count). The summed E-state index contributed by atoms with van der Waals surface area (Å²) in [6, 6.07) is 5.00. The van der Waals surface area contributed by atoms with E-state index in [4.69, 9.17) is 9.47 Å². The Kier molecular flexibility index (Phi) is 4.94. The number of nitrogens with zero attached hydrogens (tertiary/aromatic N) is 3. The second kappa shape index (κ2) is 7.14. The van der Waals surface area contributed by atoms with Gasteiger partial charge in [0, 0.05) is 13.1 Å². The van der Waals surface area contributed by atoms with Crippen LogP contribution < -0.4 is 0 Å². The molecule has 25 heavy (non-hydrogen) atoms. The molecule has 1 aromatic carbocycles. The number of ether oxygens (including phenoxy) is 2. The molecule has 0 radical (unpaired) electrons. The summed E-state index contributed by atoms with van der Waals surface area (Å²) >= 11 is 0. The average molecular weight is 343 g/mol. The molecular formula is C18H21N3O4. The molecule has 132 valence electrons. The third-order valence-corrected chi connectivity index (χ3v) is 4.23. The summed E-state index contributed by atoms with van der Waals surface area (Å²) in [7, 11) is 0. The number of rotatable bonds is 3. The first kappa shape index (κ1) is 17.3. The Morgan fingerprint density at radius 1 is 1.24 bits per heavy atom. The number of aromatic nitrogens is 2. The van der Waals surface area contributed by atoms with Gasteiger partial charge in [0.15, 0.2) is 6.61 Å². The molecule has 2 heterocycles. The lowest BCUT2D eigenvalue weighted by molar-refractivity contribution is -0.141. The molecule has 0 saturated carbocycles. The zero-order chi connectivity index (χ0) is 18.0. The average Bonchev–Trinajstić information content (AvgIpc) is 2.60. The van der Waals surface area contributed by atoms with Crippen molar-refractivity contribution in [1.82, 2.24) is 14.9 Å². The number of esters is 1. The number of hydrogen-bond acceptors (Lipinski definition) is 6. The van der Waals surface area contributed by atoms with Gasteiger partial charge in [-0.15, -0.1) is 0 Å². The Bertz CT molecular complexity index is 821. The van der Waals surface area contributed by atoms with E-state index in [1.807, 2.05) is 20.8 Å². The number of morpholine rings is 1. The normalized spacial score (nSPS) is 17.6. The predicted octanol–water partition coefficient (Wildman–Crippen LogP) is 1.65. The zero-order valence-electron chi connectivity index (χ0n) is 14.6. The van der Waals surface area contributed by atoms with Crippen molar-refractivity contribution < 1.29 is 19.1 Å². The minimum absolute atomic E-state index is 0.000778. The quantitative estimate of drug-likeness (QED) is 0.788. The Labute approximate surface area is 146 Å². The third kappa shape index (κ3) is 3.93. The van der Waals surface area contributed by atoms with Crippen LogP contribution in [0.25, 0.3) is 11.0 Å². The van der Waals surface area contributed by atoms with Crippen LogP contribution in [0.1, 0.15) is 28.7 Å². The number of hydrogen-bond donors (Lipinski definition) is 0. The van der Waals surface area contributed by atoms with Crippen LogP contribution >= 0.6 is 0 Å². The largest absolute Gasteiger partial charge is 0.452 e. The van der Waals surface area contributed by atoms with Crippen LogP contribution in [0.5, 0.6) is 0 Å². The molecule has 0 bridgehead atoms. The van der Waals surface area contributed by atoms with E-state index in [2.05, 4.69) is 9.97 Å². The first-order valence-corrected chi connectivity index (χ1v) is 8.25. The van der Waals surface area contributed by atoms with E-state index in [-0.39, 0.29) is 18.6 Å². The topological polar surface area (TPSA) is 81.6 Å². The van der Waals surface area contributed by atoms with Gasteiger partial charge in [0.05, 0.1) is 40.7 Å². The van der Waals surface area contributed by atoms with Gasteiger partial charge in [0.2, 0.25) is 0 Å². The molecule has 0 spiro atoms. The maximum atomic E-state index is 12.2. The molecule has 1 saturated heterocycles. The summed E-state index contributed by atoms with van der Waals surface area (Å²) in [4.78, 5) is 34.9. The van der Waals surface area contributed by atoms with E-state index in [0.717, 1.165) is 16.9 Å². The summed E-state index contributed by atoms with van der Waals surface area (Å²) in [6.07, 6.45) is -0.000778. The number of aryl methyl sites for hydroxylation is 2. The predicted molar refractivity (Wildman–Crippen MR) is 91.3 cm³/mol. The highest BCUT2D eigenvalue weighted by molar-refractivity contribution is 5.94. The third-order valence-electron chi connectivity index (χ3n) is 4.23. The van der Waals surface area contributed by atoms with Gasteiger partial charge in [-0.25, -0.2) is 14.8 Å². The minimum atomic E-state index is -0.545. The van der Waals surface area contributed by atoms with E-state index in [9.17, 15) is 9.59 Å². The lowest BCUT2D eigenvalue weighted by Gasteiger charge is -2.30. The fourth-order valence-corrected chi connectivity index (χ4v) is 2.70. The van der Waals surface area contributed by atoms with E-state index < -0.39 is 5.97 Å². The van der Waals surface area contributed by atoms with Crippen molar-refractivity contribution in [3.8, 4) is 0 Å². The summed E-state index contributed by atoms with van der Waals surface area (Å²) in [5.74, 6) is -0.757. The Hall–Kier alpha value is -2.54. The summed E-state index contributed by atoms with van der Waals surface area (Å²) in [6.45, 7) is 6.93. The highest BCUT2D eigenvalue weighted by atomic mass is 16.5. The van der Waals surface area contributed by atoms with Crippen molar-refractivity contribution in [2.24, 2.45) is 0 Å². The first-order valence-electron chi connectivity index (χ1n) is 8.25. The first-order chi connectivity index (χ1) is 11.9. The van der Waals surface area contributed by atoms with Crippen LogP contribution in [0.3, 0.4) is 0 Å². The van der Waals surface area contributed by atoms with Crippen molar-refractivity contribution in [3.63, 3.8) is 0 Å². The molecular weight excluding hydrogens is 322 g/mol. The van der Waals surface area contributed by atoms with Crippen molar-refractivity contribution in [2.45, 2.75) is 26.9 Å². The second-order valence-corrected chi connectivity index (χ2v) is 6.20. The van der Waals surface area contributed by atoms with E-state index in [1.165, 1.54) is 0 Å². The SMILES string of the molecule is Cc1nc2ccc(C(=O)OCC(=O)N3CCOC(C)C3)cc2nc1C. The number of carbonyl (C=O) groups excluding carboxylic acids is 2.